The molecule has 162 valence electrons. The summed E-state index contributed by atoms with van der Waals surface area (Å²) in [6.07, 6.45) is 0.199. The number of imide groups is 1. The first-order valence-corrected chi connectivity index (χ1v) is 11.9. The molecule has 0 saturated carbocycles. The van der Waals surface area contributed by atoms with E-state index in [9.17, 15) is 9.59 Å². The average molecular weight is 454 g/mol. The summed E-state index contributed by atoms with van der Waals surface area (Å²) in [6, 6.07) is 16.3. The van der Waals surface area contributed by atoms with Gasteiger partial charge in [0.25, 0.3) is 0 Å². The van der Waals surface area contributed by atoms with Gasteiger partial charge in [0, 0.05) is 39.1 Å². The van der Waals surface area contributed by atoms with Crippen LogP contribution < -0.4 is 4.90 Å². The zero-order chi connectivity index (χ0) is 22.0. The zero-order valence-electron chi connectivity index (χ0n) is 17.9. The van der Waals surface area contributed by atoms with E-state index in [1.165, 1.54) is 22.2 Å². The molecule has 5 nitrogen and oxygen atoms in total. The van der Waals surface area contributed by atoms with E-state index < -0.39 is 5.25 Å². The molecule has 2 aromatic carbocycles. The molecule has 2 fully saturated rings. The minimum absolute atomic E-state index is 0.147. The predicted octanol–water partition coefficient (Wildman–Crippen LogP) is 3.77. The maximum absolute atomic E-state index is 13.1. The fraction of sp³-hybridized carbons (Fsp3) is 0.375. The summed E-state index contributed by atoms with van der Waals surface area (Å²) in [5.74, 6) is -0.305. The lowest BCUT2D eigenvalue weighted by Gasteiger charge is -2.36. The number of aryl methyl sites for hydroxylation is 2. The van der Waals surface area contributed by atoms with E-state index in [0.29, 0.717) is 10.0 Å². The first-order chi connectivity index (χ1) is 14.9. The number of piperazine rings is 1. The molecule has 2 aliphatic heterocycles. The highest BCUT2D eigenvalue weighted by Crippen LogP contribution is 2.33. The van der Waals surface area contributed by atoms with Gasteiger partial charge in [-0.2, -0.15) is 0 Å². The third-order valence-corrected chi connectivity index (χ3v) is 7.49. The van der Waals surface area contributed by atoms with Crippen LogP contribution >= 0.6 is 24.0 Å². The number of benzene rings is 2. The zero-order valence-corrected chi connectivity index (χ0v) is 19.5. The fourth-order valence-electron chi connectivity index (χ4n) is 4.04. The standard InChI is InChI=1S/C24H27N3O2S2/c1-17-8-9-18(2)20(14-17)27-22(28)15-21(23(27)29)31-24(30)26-12-10-25(11-13-26)16-19-6-4-3-5-7-19/h3-9,14,21H,10-13,15-16H2,1-2H3. The molecule has 0 spiro atoms. The van der Waals surface area contributed by atoms with Crippen LogP contribution in [0.15, 0.2) is 48.5 Å². The van der Waals surface area contributed by atoms with Crippen molar-refractivity contribution in [3.05, 3.63) is 65.2 Å². The Morgan fingerprint density at radius 1 is 1.03 bits per heavy atom. The number of hydrogen-bond donors (Lipinski definition) is 0. The predicted molar refractivity (Wildman–Crippen MR) is 130 cm³/mol. The van der Waals surface area contributed by atoms with Crippen LogP contribution in [0.2, 0.25) is 0 Å². The van der Waals surface area contributed by atoms with E-state index in [4.69, 9.17) is 12.2 Å². The lowest BCUT2D eigenvalue weighted by molar-refractivity contribution is -0.121. The largest absolute Gasteiger partial charge is 0.355 e. The normalized spacial score (nSPS) is 19.9. The van der Waals surface area contributed by atoms with Gasteiger partial charge in [-0.05, 0) is 36.6 Å². The summed E-state index contributed by atoms with van der Waals surface area (Å²) in [6.45, 7) is 8.38. The van der Waals surface area contributed by atoms with Crippen molar-refractivity contribution < 1.29 is 9.59 Å². The molecule has 2 aromatic rings. The van der Waals surface area contributed by atoms with Gasteiger partial charge in [-0.15, -0.1) is 0 Å². The number of carbonyl (C=O) groups is 2. The summed E-state index contributed by atoms with van der Waals surface area (Å²) >= 11 is 7.03. The Hall–Kier alpha value is -2.22. The number of carbonyl (C=O) groups excluding carboxylic acids is 2. The van der Waals surface area contributed by atoms with E-state index in [-0.39, 0.29) is 18.2 Å². The molecule has 0 aromatic heterocycles. The van der Waals surface area contributed by atoms with Crippen molar-refractivity contribution in [1.82, 2.24) is 9.80 Å². The first-order valence-electron chi connectivity index (χ1n) is 10.6. The van der Waals surface area contributed by atoms with Gasteiger partial charge >= 0.3 is 0 Å². The van der Waals surface area contributed by atoms with Crippen LogP contribution in [0, 0.1) is 13.8 Å². The van der Waals surface area contributed by atoms with Gasteiger partial charge in [-0.1, -0.05) is 66.4 Å². The molecule has 2 amide bonds. The number of thioether (sulfide) groups is 1. The van der Waals surface area contributed by atoms with Crippen molar-refractivity contribution >= 4 is 45.8 Å². The average Bonchev–Trinajstić information content (AvgIpc) is 3.04. The SMILES string of the molecule is Cc1ccc(C)c(N2C(=O)CC(SC(=S)N3CCN(Cc4ccccc4)CC3)C2=O)c1. The molecular formula is C24H27N3O2S2. The summed E-state index contributed by atoms with van der Waals surface area (Å²) in [4.78, 5) is 31.6. The van der Waals surface area contributed by atoms with E-state index >= 15 is 0 Å². The van der Waals surface area contributed by atoms with Gasteiger partial charge in [-0.25, -0.2) is 4.90 Å². The molecule has 0 bridgehead atoms. The van der Waals surface area contributed by atoms with Crippen molar-refractivity contribution in [3.63, 3.8) is 0 Å². The number of anilines is 1. The minimum Gasteiger partial charge on any atom is -0.355 e. The Bertz CT molecular complexity index is 988. The van der Waals surface area contributed by atoms with Gasteiger partial charge in [0.1, 0.15) is 9.57 Å². The summed E-state index contributed by atoms with van der Waals surface area (Å²) in [7, 11) is 0. The van der Waals surface area contributed by atoms with Gasteiger partial charge in [0.15, 0.2) is 0 Å². The van der Waals surface area contributed by atoms with E-state index in [1.54, 1.807) is 0 Å². The maximum atomic E-state index is 13.1. The van der Waals surface area contributed by atoms with Crippen LogP contribution in [-0.4, -0.2) is 57.4 Å². The lowest BCUT2D eigenvalue weighted by atomic mass is 10.1. The molecule has 31 heavy (non-hydrogen) atoms. The fourth-order valence-corrected chi connectivity index (χ4v) is 5.57. The summed E-state index contributed by atoms with van der Waals surface area (Å²) < 4.78 is 0.716. The smallest absolute Gasteiger partial charge is 0.247 e. The number of thiocarbonyl (C=S) groups is 1. The number of nitrogens with zero attached hydrogens (tertiary/aromatic N) is 3. The van der Waals surface area contributed by atoms with Gasteiger partial charge in [0.2, 0.25) is 11.8 Å². The number of rotatable bonds is 4. The third-order valence-electron chi connectivity index (χ3n) is 5.83. The second-order valence-corrected chi connectivity index (χ2v) is 10.0. The quantitative estimate of drug-likeness (QED) is 0.519. The Morgan fingerprint density at radius 3 is 2.45 bits per heavy atom. The second-order valence-electron chi connectivity index (χ2n) is 8.18. The van der Waals surface area contributed by atoms with E-state index in [2.05, 4.69) is 34.1 Å². The molecule has 2 saturated heterocycles. The Morgan fingerprint density at radius 2 is 1.74 bits per heavy atom. The number of amides is 2. The van der Waals surface area contributed by atoms with Crippen LogP contribution in [0.25, 0.3) is 0 Å². The summed E-state index contributed by atoms with van der Waals surface area (Å²) in [5, 5.41) is -0.442. The third kappa shape index (κ3) is 5.00. The molecule has 4 rings (SSSR count). The van der Waals surface area contributed by atoms with Crippen molar-refractivity contribution in [2.45, 2.75) is 32.1 Å². The van der Waals surface area contributed by atoms with Crippen molar-refractivity contribution in [3.8, 4) is 0 Å². The molecule has 1 unspecified atom stereocenters. The molecule has 1 atom stereocenters. The highest BCUT2D eigenvalue weighted by atomic mass is 32.2. The minimum atomic E-state index is -0.442. The summed E-state index contributed by atoms with van der Waals surface area (Å²) in [5.41, 5.74) is 3.96. The number of hydrogen-bond acceptors (Lipinski definition) is 5. The highest BCUT2D eigenvalue weighted by molar-refractivity contribution is 8.23. The molecule has 2 heterocycles. The molecule has 7 heteroatoms. The molecule has 0 aliphatic carbocycles. The van der Waals surface area contributed by atoms with Gasteiger partial charge in [0.05, 0.1) is 5.69 Å². The van der Waals surface area contributed by atoms with Crippen LogP contribution in [-0.2, 0) is 16.1 Å². The first kappa shape index (κ1) is 22.0. The second kappa shape index (κ2) is 9.51. The molecular weight excluding hydrogens is 426 g/mol. The van der Waals surface area contributed by atoms with Crippen LogP contribution in [0.1, 0.15) is 23.1 Å². The highest BCUT2D eigenvalue weighted by Gasteiger charge is 2.41. The topological polar surface area (TPSA) is 43.9 Å². The molecule has 0 radical (unpaired) electrons. The molecule has 0 N–H and O–H groups in total. The van der Waals surface area contributed by atoms with E-state index in [0.717, 1.165) is 43.9 Å². The van der Waals surface area contributed by atoms with Crippen LogP contribution in [0.4, 0.5) is 5.69 Å². The maximum Gasteiger partial charge on any atom is 0.247 e. The Kier molecular flexibility index (Phi) is 6.74. The van der Waals surface area contributed by atoms with E-state index in [1.807, 2.05) is 38.1 Å². The van der Waals surface area contributed by atoms with Crippen LogP contribution in [0.5, 0.6) is 0 Å². The Labute approximate surface area is 193 Å². The Balaban J connectivity index is 1.33. The van der Waals surface area contributed by atoms with Crippen molar-refractivity contribution in [2.75, 3.05) is 31.1 Å². The van der Waals surface area contributed by atoms with Crippen LogP contribution in [0.3, 0.4) is 0 Å². The molecule has 2 aliphatic rings. The van der Waals surface area contributed by atoms with Gasteiger partial charge in [-0.3, -0.25) is 14.5 Å². The van der Waals surface area contributed by atoms with Crippen molar-refractivity contribution in [1.29, 1.82) is 0 Å². The lowest BCUT2D eigenvalue weighted by Crippen LogP contribution is -2.47. The monoisotopic (exact) mass is 453 g/mol. The van der Waals surface area contributed by atoms with Crippen molar-refractivity contribution in [2.24, 2.45) is 0 Å². The van der Waals surface area contributed by atoms with Gasteiger partial charge < -0.3 is 4.90 Å².